The Morgan fingerprint density at radius 2 is 1.90 bits per heavy atom. The SMILES string of the molecule is COCCCN1C(=O)C(=O)/C(=C(/O)c2ccccc2)[C@@H]1c1cccc([N+](=O)[O-])c1. The first kappa shape index (κ1) is 20.2. The van der Waals surface area contributed by atoms with Crippen LogP contribution in [0.25, 0.3) is 5.76 Å². The summed E-state index contributed by atoms with van der Waals surface area (Å²) in [5.74, 6) is -1.88. The molecule has 2 aromatic carbocycles. The molecule has 8 heteroatoms. The Balaban J connectivity index is 2.15. The van der Waals surface area contributed by atoms with Gasteiger partial charge in [-0.15, -0.1) is 0 Å². The van der Waals surface area contributed by atoms with Crippen molar-refractivity contribution in [2.24, 2.45) is 0 Å². The van der Waals surface area contributed by atoms with Gasteiger partial charge in [0, 0.05) is 38.0 Å². The summed E-state index contributed by atoms with van der Waals surface area (Å²) in [6.07, 6.45) is 0.473. The maximum atomic E-state index is 12.8. The number of nitro benzene ring substituents is 1. The van der Waals surface area contributed by atoms with E-state index in [0.29, 0.717) is 24.2 Å². The lowest BCUT2D eigenvalue weighted by molar-refractivity contribution is -0.384. The van der Waals surface area contributed by atoms with Gasteiger partial charge in [-0.2, -0.15) is 0 Å². The average molecular weight is 396 g/mol. The van der Waals surface area contributed by atoms with Gasteiger partial charge in [0.25, 0.3) is 17.4 Å². The van der Waals surface area contributed by atoms with E-state index in [1.807, 2.05) is 0 Å². The highest BCUT2D eigenvalue weighted by Gasteiger charge is 2.46. The van der Waals surface area contributed by atoms with E-state index in [1.54, 1.807) is 36.4 Å². The van der Waals surface area contributed by atoms with E-state index < -0.39 is 22.7 Å². The summed E-state index contributed by atoms with van der Waals surface area (Å²) >= 11 is 0. The third kappa shape index (κ3) is 4.02. The first-order chi connectivity index (χ1) is 14.0. The molecule has 1 heterocycles. The van der Waals surface area contributed by atoms with Crippen molar-refractivity contribution in [3.05, 3.63) is 81.4 Å². The number of ketones is 1. The average Bonchev–Trinajstić information content (AvgIpc) is 2.99. The molecule has 1 amide bonds. The predicted molar refractivity (Wildman–Crippen MR) is 105 cm³/mol. The van der Waals surface area contributed by atoms with E-state index in [0.717, 1.165) is 0 Å². The zero-order valence-electron chi connectivity index (χ0n) is 15.8. The second-order valence-corrected chi connectivity index (χ2v) is 6.56. The minimum absolute atomic E-state index is 0.0842. The molecule has 2 aromatic rings. The molecule has 1 saturated heterocycles. The van der Waals surface area contributed by atoms with Crippen molar-refractivity contribution < 1.29 is 24.4 Å². The zero-order chi connectivity index (χ0) is 21.0. The van der Waals surface area contributed by atoms with E-state index >= 15 is 0 Å². The zero-order valence-corrected chi connectivity index (χ0v) is 15.8. The number of Topliss-reactive ketones (excluding diaryl/α,β-unsaturated/α-hetero) is 1. The number of likely N-dealkylation sites (tertiary alicyclic amines) is 1. The fourth-order valence-corrected chi connectivity index (χ4v) is 3.40. The Bertz CT molecular complexity index is 970. The van der Waals surface area contributed by atoms with Crippen LogP contribution in [0.4, 0.5) is 5.69 Å². The highest BCUT2D eigenvalue weighted by atomic mass is 16.6. The van der Waals surface area contributed by atoms with Gasteiger partial charge in [0.2, 0.25) is 0 Å². The Morgan fingerprint density at radius 3 is 2.55 bits per heavy atom. The molecule has 1 fully saturated rings. The van der Waals surface area contributed by atoms with Gasteiger partial charge in [0.15, 0.2) is 0 Å². The van der Waals surface area contributed by atoms with Crippen LogP contribution in [-0.4, -0.2) is 46.9 Å². The lowest BCUT2D eigenvalue weighted by atomic mass is 9.95. The summed E-state index contributed by atoms with van der Waals surface area (Å²) in [6.45, 7) is 0.584. The van der Waals surface area contributed by atoms with Crippen molar-refractivity contribution in [3.8, 4) is 0 Å². The van der Waals surface area contributed by atoms with Crippen molar-refractivity contribution in [1.29, 1.82) is 0 Å². The smallest absolute Gasteiger partial charge is 0.295 e. The Hall–Kier alpha value is -3.52. The number of benzene rings is 2. The summed E-state index contributed by atoms with van der Waals surface area (Å²) in [5.41, 5.74) is 0.523. The molecular weight excluding hydrogens is 376 g/mol. The van der Waals surface area contributed by atoms with Crippen LogP contribution in [-0.2, 0) is 14.3 Å². The van der Waals surface area contributed by atoms with Crippen molar-refractivity contribution in [2.75, 3.05) is 20.3 Å². The van der Waals surface area contributed by atoms with Crippen LogP contribution in [0.15, 0.2) is 60.2 Å². The van der Waals surface area contributed by atoms with Gasteiger partial charge in [0.1, 0.15) is 5.76 Å². The van der Waals surface area contributed by atoms with E-state index in [1.165, 1.54) is 30.2 Å². The molecule has 0 spiro atoms. The van der Waals surface area contributed by atoms with E-state index in [4.69, 9.17) is 4.74 Å². The minimum Gasteiger partial charge on any atom is -0.507 e. The molecule has 1 atom stereocenters. The van der Waals surface area contributed by atoms with Crippen LogP contribution in [0.2, 0.25) is 0 Å². The molecule has 1 aliphatic heterocycles. The van der Waals surface area contributed by atoms with Gasteiger partial charge >= 0.3 is 0 Å². The molecule has 0 saturated carbocycles. The van der Waals surface area contributed by atoms with Crippen LogP contribution in [0.1, 0.15) is 23.6 Å². The van der Waals surface area contributed by atoms with Crippen LogP contribution < -0.4 is 0 Å². The van der Waals surface area contributed by atoms with E-state index in [-0.39, 0.29) is 23.6 Å². The van der Waals surface area contributed by atoms with Gasteiger partial charge in [-0.25, -0.2) is 0 Å². The highest BCUT2D eigenvalue weighted by Crippen LogP contribution is 2.40. The highest BCUT2D eigenvalue weighted by molar-refractivity contribution is 6.46. The third-order valence-electron chi connectivity index (χ3n) is 4.73. The second-order valence-electron chi connectivity index (χ2n) is 6.56. The van der Waals surface area contributed by atoms with Crippen LogP contribution in [0.3, 0.4) is 0 Å². The standard InChI is InChI=1S/C21H20N2O6/c1-29-12-6-11-22-18(15-9-5-10-16(13-15)23(27)28)17(20(25)21(22)26)19(24)14-7-3-2-4-8-14/h2-5,7-10,13,18,24H,6,11-12H2,1H3/b19-17+/t18-/m0/s1. The summed E-state index contributed by atoms with van der Waals surface area (Å²) in [4.78, 5) is 37.5. The Labute approximate surface area is 167 Å². The minimum atomic E-state index is -0.924. The number of ether oxygens (including phenoxy) is 1. The van der Waals surface area contributed by atoms with Crippen molar-refractivity contribution in [1.82, 2.24) is 4.90 Å². The first-order valence-corrected chi connectivity index (χ1v) is 9.02. The van der Waals surface area contributed by atoms with Crippen LogP contribution in [0.5, 0.6) is 0 Å². The third-order valence-corrected chi connectivity index (χ3v) is 4.73. The molecule has 150 valence electrons. The molecule has 0 bridgehead atoms. The largest absolute Gasteiger partial charge is 0.507 e. The number of rotatable bonds is 7. The van der Waals surface area contributed by atoms with Gasteiger partial charge in [-0.3, -0.25) is 19.7 Å². The molecule has 1 aliphatic rings. The van der Waals surface area contributed by atoms with E-state index in [9.17, 15) is 24.8 Å². The number of hydrogen-bond donors (Lipinski definition) is 1. The first-order valence-electron chi connectivity index (χ1n) is 9.02. The number of methoxy groups -OCH3 is 1. The topological polar surface area (TPSA) is 110 Å². The normalized spacial score (nSPS) is 18.2. The van der Waals surface area contributed by atoms with Gasteiger partial charge < -0.3 is 14.7 Å². The molecule has 0 unspecified atom stereocenters. The number of aliphatic hydroxyl groups is 1. The summed E-state index contributed by atoms with van der Waals surface area (Å²) in [7, 11) is 1.53. The van der Waals surface area contributed by atoms with Crippen LogP contribution >= 0.6 is 0 Å². The molecule has 0 aromatic heterocycles. The maximum Gasteiger partial charge on any atom is 0.295 e. The monoisotopic (exact) mass is 396 g/mol. The Kier molecular flexibility index (Phi) is 6.04. The summed E-state index contributed by atoms with van der Waals surface area (Å²) in [5, 5.41) is 22.0. The quantitative estimate of drug-likeness (QED) is 0.192. The van der Waals surface area contributed by atoms with Gasteiger partial charge in [0.05, 0.1) is 16.5 Å². The van der Waals surface area contributed by atoms with Gasteiger partial charge in [-0.1, -0.05) is 42.5 Å². The number of non-ortho nitro benzene ring substituents is 1. The molecule has 1 N–H and O–H groups in total. The lowest BCUT2D eigenvalue weighted by Gasteiger charge is -2.25. The van der Waals surface area contributed by atoms with Gasteiger partial charge in [-0.05, 0) is 12.0 Å². The number of nitro groups is 1. The number of hydrogen-bond acceptors (Lipinski definition) is 6. The molecule has 0 radical (unpaired) electrons. The lowest BCUT2D eigenvalue weighted by Crippen LogP contribution is -2.31. The second kappa shape index (κ2) is 8.66. The number of amides is 1. The number of nitrogens with zero attached hydrogens (tertiary/aromatic N) is 2. The predicted octanol–water partition coefficient (Wildman–Crippen LogP) is 3.05. The Morgan fingerprint density at radius 1 is 1.17 bits per heavy atom. The van der Waals surface area contributed by atoms with Crippen molar-refractivity contribution in [3.63, 3.8) is 0 Å². The fourth-order valence-electron chi connectivity index (χ4n) is 3.40. The number of aliphatic hydroxyl groups excluding tert-OH is 1. The molecule has 3 rings (SSSR count). The molecule has 0 aliphatic carbocycles. The van der Waals surface area contributed by atoms with Crippen molar-refractivity contribution in [2.45, 2.75) is 12.5 Å². The number of carbonyl (C=O) groups is 2. The number of carbonyl (C=O) groups excluding carboxylic acids is 2. The molecule has 8 nitrogen and oxygen atoms in total. The molecule has 29 heavy (non-hydrogen) atoms. The molecular formula is C21H20N2O6. The fraction of sp³-hybridized carbons (Fsp3) is 0.238. The van der Waals surface area contributed by atoms with Crippen LogP contribution in [0, 0.1) is 10.1 Å². The summed E-state index contributed by atoms with van der Waals surface area (Å²) in [6, 6.07) is 13.2. The maximum absolute atomic E-state index is 12.8. The van der Waals surface area contributed by atoms with E-state index in [2.05, 4.69) is 0 Å². The summed E-state index contributed by atoms with van der Waals surface area (Å²) < 4.78 is 5.03. The van der Waals surface area contributed by atoms with Crippen molar-refractivity contribution >= 4 is 23.1 Å².